The lowest BCUT2D eigenvalue weighted by Crippen LogP contribution is -1.96. The Balaban J connectivity index is 2.18. The summed E-state index contributed by atoms with van der Waals surface area (Å²) in [5.74, 6) is 1.38. The van der Waals surface area contributed by atoms with Gasteiger partial charge in [0, 0.05) is 37.1 Å². The highest BCUT2D eigenvalue weighted by Crippen LogP contribution is 2.50. The molecule has 0 aromatic rings. The lowest BCUT2D eigenvalue weighted by Gasteiger charge is -2.01. The minimum atomic E-state index is 0.527. The van der Waals surface area contributed by atoms with Gasteiger partial charge in [-0.25, -0.2) is 0 Å². The molecule has 0 amide bonds. The summed E-state index contributed by atoms with van der Waals surface area (Å²) in [6.07, 6.45) is 11.9. The molecule has 0 saturated heterocycles. The molecule has 0 unspecified atom stereocenters. The predicted molar refractivity (Wildman–Crippen MR) is 38.9 cm³/mol. The molecule has 9 heavy (non-hydrogen) atoms. The first kappa shape index (κ1) is 5.16. The Bertz CT molecular complexity index is 154. The van der Waals surface area contributed by atoms with Crippen molar-refractivity contribution in [2.75, 3.05) is 0 Å². The normalized spacial score (nSPS) is 27.4. The van der Waals surface area contributed by atoms with Crippen LogP contribution in [0.15, 0.2) is 24.3 Å². The molecule has 0 atom stereocenters. The van der Waals surface area contributed by atoms with E-state index in [0.717, 1.165) is 0 Å². The van der Waals surface area contributed by atoms with E-state index in [0.29, 0.717) is 5.41 Å². The average molecular weight is 119 g/mol. The summed E-state index contributed by atoms with van der Waals surface area (Å²) in [7, 11) is 0. The summed E-state index contributed by atoms with van der Waals surface area (Å²) in [5, 5.41) is 0. The largest absolute Gasteiger partial charge is 0.0935 e. The third-order valence-corrected chi connectivity index (χ3v) is 2.18. The molecule has 0 heteroatoms. The van der Waals surface area contributed by atoms with Crippen molar-refractivity contribution in [3.8, 4) is 0 Å². The second-order valence-electron chi connectivity index (χ2n) is 3.14. The van der Waals surface area contributed by atoms with Crippen molar-refractivity contribution in [3.63, 3.8) is 0 Å². The highest BCUT2D eigenvalue weighted by atomic mass is 14.4. The van der Waals surface area contributed by atoms with Crippen LogP contribution in [0.3, 0.4) is 0 Å². The highest BCUT2D eigenvalue weighted by Gasteiger charge is 2.44. The van der Waals surface area contributed by atoms with Crippen LogP contribution in [0, 0.1) is 11.3 Å². The van der Waals surface area contributed by atoms with Crippen molar-refractivity contribution in [2.24, 2.45) is 5.41 Å². The van der Waals surface area contributed by atoms with Crippen LogP contribution in [0.2, 0.25) is 0 Å². The van der Waals surface area contributed by atoms with Crippen LogP contribution >= 0.6 is 0 Å². The molecule has 0 N–H and O–H groups in total. The van der Waals surface area contributed by atoms with Gasteiger partial charge in [-0.15, -0.1) is 0 Å². The van der Waals surface area contributed by atoms with E-state index in [2.05, 4.69) is 31.2 Å². The van der Waals surface area contributed by atoms with Crippen molar-refractivity contribution in [1.82, 2.24) is 0 Å². The summed E-state index contributed by atoms with van der Waals surface area (Å²) in [6, 6.07) is 0. The molecule has 0 radical (unpaired) electrons. The summed E-state index contributed by atoms with van der Waals surface area (Å²) < 4.78 is 0. The first-order chi connectivity index (χ1) is 4.31. The fourth-order valence-corrected chi connectivity index (χ4v) is 1.18. The summed E-state index contributed by atoms with van der Waals surface area (Å²) in [6.45, 7) is 2.14. The Morgan fingerprint density at radius 1 is 1.22 bits per heavy atom. The van der Waals surface area contributed by atoms with Crippen LogP contribution in [-0.2, 0) is 0 Å². The van der Waals surface area contributed by atoms with Crippen LogP contribution < -0.4 is 0 Å². The maximum Gasteiger partial charge on any atom is 0.0935 e. The minimum absolute atomic E-state index is 0.527. The monoisotopic (exact) mass is 119 g/mol. The smallest absolute Gasteiger partial charge is 0.0134 e. The van der Waals surface area contributed by atoms with E-state index < -0.39 is 0 Å². The van der Waals surface area contributed by atoms with Gasteiger partial charge in [0.25, 0.3) is 0 Å². The van der Waals surface area contributed by atoms with E-state index in [1.54, 1.807) is 0 Å². The topological polar surface area (TPSA) is 0 Å². The second kappa shape index (κ2) is 1.44. The molecule has 0 aromatic heterocycles. The number of hydrogen-bond donors (Lipinski definition) is 0. The molecular weight excluding hydrogens is 108 g/mol. The third-order valence-electron chi connectivity index (χ3n) is 2.18. The first-order valence-corrected chi connectivity index (χ1v) is 3.53. The van der Waals surface area contributed by atoms with Crippen LogP contribution in [0.1, 0.15) is 19.8 Å². The van der Waals surface area contributed by atoms with Crippen molar-refractivity contribution in [2.45, 2.75) is 19.8 Å². The lowest BCUT2D eigenvalue weighted by atomic mass is 9.95. The first-order valence-electron chi connectivity index (χ1n) is 3.53. The van der Waals surface area contributed by atoms with Gasteiger partial charge in [-0.2, -0.15) is 0 Å². The zero-order valence-electron chi connectivity index (χ0n) is 5.72. The van der Waals surface area contributed by atoms with E-state index in [-0.39, 0.29) is 0 Å². The van der Waals surface area contributed by atoms with E-state index in [9.17, 15) is 0 Å². The fourth-order valence-electron chi connectivity index (χ4n) is 1.18. The van der Waals surface area contributed by atoms with E-state index in [1.165, 1.54) is 18.8 Å². The summed E-state index contributed by atoms with van der Waals surface area (Å²) in [4.78, 5) is 0. The summed E-state index contributed by atoms with van der Waals surface area (Å²) >= 11 is 0. The van der Waals surface area contributed by atoms with Gasteiger partial charge in [-0.3, -0.25) is 0 Å². The molecule has 46 valence electrons. The van der Waals surface area contributed by atoms with Gasteiger partial charge < -0.3 is 0 Å². The third kappa shape index (κ3) is 0.787. The maximum atomic E-state index is 2.34. The van der Waals surface area contributed by atoms with Crippen LogP contribution in [0.5, 0.6) is 0 Å². The Labute approximate surface area is 56.3 Å². The Morgan fingerprint density at radius 2 is 1.78 bits per heavy atom. The highest BCUT2D eigenvalue weighted by molar-refractivity contribution is 5.35. The van der Waals surface area contributed by atoms with Gasteiger partial charge in [0.1, 0.15) is 0 Å². The molecule has 0 nitrogen and oxygen atoms in total. The Kier molecular flexibility index (Phi) is 0.825. The van der Waals surface area contributed by atoms with Crippen molar-refractivity contribution in [1.29, 1.82) is 0 Å². The van der Waals surface area contributed by atoms with Gasteiger partial charge in [0.15, 0.2) is 0 Å². The Morgan fingerprint density at radius 3 is 2.22 bits per heavy atom. The zero-order valence-corrected chi connectivity index (χ0v) is 5.72. The number of hydrogen-bond acceptors (Lipinski definition) is 0. The predicted octanol–water partition coefficient (Wildman–Crippen LogP) is 2.49. The molecule has 2 aliphatic rings. The molecular formula is C9H11+. The van der Waals surface area contributed by atoms with Gasteiger partial charge in [-0.05, 0) is 12.8 Å². The van der Waals surface area contributed by atoms with Crippen LogP contribution in [0.25, 0.3) is 0 Å². The van der Waals surface area contributed by atoms with Gasteiger partial charge in [0.05, 0.1) is 5.41 Å². The summed E-state index contributed by atoms with van der Waals surface area (Å²) in [5.41, 5.74) is 0.527. The van der Waals surface area contributed by atoms with Gasteiger partial charge >= 0.3 is 0 Å². The van der Waals surface area contributed by atoms with Crippen LogP contribution in [-0.4, -0.2) is 0 Å². The fraction of sp³-hybridized carbons (Fsp3) is 0.444. The number of rotatable bonds is 0. The van der Waals surface area contributed by atoms with Crippen LogP contribution in [0.4, 0.5) is 0 Å². The van der Waals surface area contributed by atoms with Crippen molar-refractivity contribution in [3.05, 3.63) is 30.2 Å². The molecule has 0 aliphatic heterocycles. The van der Waals surface area contributed by atoms with E-state index >= 15 is 0 Å². The second-order valence-corrected chi connectivity index (χ2v) is 3.14. The molecule has 0 heterocycles. The molecule has 1 saturated carbocycles. The lowest BCUT2D eigenvalue weighted by molar-refractivity contribution is 0.837. The molecule has 1 fully saturated rings. The quantitative estimate of drug-likeness (QED) is 0.430. The van der Waals surface area contributed by atoms with E-state index in [1.807, 2.05) is 0 Å². The van der Waals surface area contributed by atoms with Gasteiger partial charge in [0.2, 0.25) is 0 Å². The molecule has 2 rings (SSSR count). The van der Waals surface area contributed by atoms with Crippen molar-refractivity contribution >= 4 is 0 Å². The maximum absolute atomic E-state index is 2.34. The van der Waals surface area contributed by atoms with Gasteiger partial charge in [-0.1, -0.05) is 0 Å². The minimum Gasteiger partial charge on any atom is -0.0134 e. The number of allylic oxidation sites excluding steroid dienone is 4. The zero-order chi connectivity index (χ0) is 6.32. The average Bonchev–Trinajstić information content (AvgIpc) is 2.60. The molecule has 0 bridgehead atoms. The van der Waals surface area contributed by atoms with Crippen molar-refractivity contribution < 1.29 is 0 Å². The Hall–Kier alpha value is -0.650. The standard InChI is InChI=1S/C9H11/c1-8-2-4-9(5-3-8)6-7-9/h2-5H,6-7H2,1H3/q+1. The molecule has 2 aliphatic carbocycles. The molecule has 0 aromatic carbocycles. The van der Waals surface area contributed by atoms with E-state index in [4.69, 9.17) is 0 Å². The SMILES string of the molecule is C[C+]1C=CC2(C=C1)CC2. The molecule has 1 spiro atoms.